The Labute approximate surface area is 94.7 Å². The van der Waals surface area contributed by atoms with Crippen LogP contribution in [0, 0.1) is 0 Å². The van der Waals surface area contributed by atoms with Crippen LogP contribution in [0.3, 0.4) is 0 Å². The van der Waals surface area contributed by atoms with E-state index in [2.05, 4.69) is 0 Å². The molecule has 0 aromatic heterocycles. The van der Waals surface area contributed by atoms with Crippen molar-refractivity contribution in [3.63, 3.8) is 0 Å². The van der Waals surface area contributed by atoms with Crippen LogP contribution >= 0.6 is 0 Å². The van der Waals surface area contributed by atoms with Crippen LogP contribution in [0.2, 0.25) is 0 Å². The summed E-state index contributed by atoms with van der Waals surface area (Å²) in [4.78, 5) is 0. The first kappa shape index (κ1) is 117. The molecule has 0 aromatic rings. The van der Waals surface area contributed by atoms with Gasteiger partial charge in [-0.3, -0.25) is 0 Å². The Morgan fingerprint density at radius 2 is 0.429 bits per heavy atom. The van der Waals surface area contributed by atoms with Gasteiger partial charge in [-0.15, -0.1) is 0 Å². The van der Waals surface area contributed by atoms with E-state index in [-0.39, 0.29) is 95.3 Å². The molecule has 0 aromatic carbocycles. The van der Waals surface area contributed by atoms with Gasteiger partial charge in [0.05, 0.1) is 0 Å². The number of halogens is 6. The first-order chi connectivity index (χ1) is 0. The van der Waals surface area contributed by atoms with Crippen LogP contribution in [-0.4, -0.2) is 0 Å². The Balaban J connectivity index is 0. The zero-order valence-electron chi connectivity index (χ0n) is 3.60. The van der Waals surface area contributed by atoms with E-state index in [1.165, 1.54) is 0 Å². The summed E-state index contributed by atoms with van der Waals surface area (Å²) in [5, 5.41) is 0. The standard InChI is InChI=1S/6ClH.Rh/h6*1H;/q;;;;;;+3/p-5. The molecule has 0 N–H and O–H groups in total. The fourth-order valence-electron chi connectivity index (χ4n) is 0. The summed E-state index contributed by atoms with van der Waals surface area (Å²) < 4.78 is 0. The molecule has 7 heavy (non-hydrogen) atoms. The number of rotatable bonds is 0. The van der Waals surface area contributed by atoms with Gasteiger partial charge in [0.2, 0.25) is 0 Å². The van der Waals surface area contributed by atoms with E-state index in [1.807, 2.05) is 0 Å². The van der Waals surface area contributed by atoms with Crippen molar-refractivity contribution < 1.29 is 95.3 Å². The Hall–Kier alpha value is 2.36. The Kier molecular flexibility index (Phi) is 1360. The van der Waals surface area contributed by atoms with E-state index >= 15 is 0 Å². The van der Waals surface area contributed by atoms with Gasteiger partial charge in [0, 0.05) is 0 Å². The Morgan fingerprint density at radius 3 is 0.429 bits per heavy atom. The predicted molar refractivity (Wildman–Crippen MR) is 1.11 cm³/mol. The van der Waals surface area contributed by atoms with Crippen molar-refractivity contribution in [1.29, 1.82) is 0 Å². The molecule has 0 aliphatic heterocycles. The van der Waals surface area contributed by atoms with Crippen molar-refractivity contribution in [2.75, 3.05) is 0 Å². The second kappa shape index (κ2) is 81.2. The maximum absolute atomic E-state index is 0. The van der Waals surface area contributed by atoms with Gasteiger partial charge in [0.15, 0.2) is 0 Å². The Morgan fingerprint density at radius 1 is 0.429 bits per heavy atom. The molecule has 0 spiro atoms. The fraction of sp³-hybridized carbons (Fsp3) is 0. The molecule has 0 nitrogen and oxygen atoms in total. The maximum atomic E-state index is 0. The molecule has 0 bridgehead atoms. The molecule has 0 amide bonds. The third-order valence-electron chi connectivity index (χ3n) is 0. The molecule has 0 saturated carbocycles. The predicted octanol–water partition coefficient (Wildman–Crippen LogP) is -17.9. The van der Waals surface area contributed by atoms with Gasteiger partial charge in [-0.05, 0) is 0 Å². The van der Waals surface area contributed by atoms with E-state index in [4.69, 9.17) is 0 Å². The van der Waals surface area contributed by atoms with Gasteiger partial charge < -0.3 is 74.4 Å². The Bertz CT molecular complexity index is 8.49. The smallest absolute Gasteiger partial charge is 1.00 e. The molecule has 7 heteroatoms. The summed E-state index contributed by atoms with van der Waals surface area (Å²) in [5.41, 5.74) is 0. The molecular formula is HCl6Rh-2. The average Bonchev–Trinajstić information content (AvgIpc) is 0. The molecule has 0 atom stereocenters. The fourth-order valence-corrected chi connectivity index (χ4v) is 0. The second-order valence-corrected chi connectivity index (χ2v) is 0. The van der Waals surface area contributed by atoms with Crippen LogP contribution < -0.4 is 74.4 Å². The monoisotopic (exact) mass is 314 g/mol. The SMILES string of the molecule is [Cl-].[Cl-].[Cl-].[Cl-].[Cl-].[Cl-].[H+].[Rh+3]. The second-order valence-electron chi connectivity index (χ2n) is 0. The summed E-state index contributed by atoms with van der Waals surface area (Å²) in [5.74, 6) is 0. The van der Waals surface area contributed by atoms with Gasteiger partial charge in [-0.25, -0.2) is 0 Å². The van der Waals surface area contributed by atoms with Gasteiger partial charge in [-0.2, -0.15) is 0 Å². The molecule has 0 rings (SSSR count). The van der Waals surface area contributed by atoms with E-state index in [1.54, 1.807) is 0 Å². The van der Waals surface area contributed by atoms with Crippen LogP contribution in [0.25, 0.3) is 0 Å². The van der Waals surface area contributed by atoms with Crippen LogP contribution in [-0.2, 0) is 19.5 Å². The molecule has 0 unspecified atom stereocenters. The van der Waals surface area contributed by atoms with Crippen molar-refractivity contribution >= 4 is 0 Å². The summed E-state index contributed by atoms with van der Waals surface area (Å²) >= 11 is 0. The summed E-state index contributed by atoms with van der Waals surface area (Å²) in [7, 11) is 0. The van der Waals surface area contributed by atoms with Crippen molar-refractivity contribution in [2.45, 2.75) is 0 Å². The topological polar surface area (TPSA) is 0 Å². The van der Waals surface area contributed by atoms with Gasteiger partial charge in [0.25, 0.3) is 0 Å². The summed E-state index contributed by atoms with van der Waals surface area (Å²) in [6.45, 7) is 0. The normalized spacial score (nSPS) is 0. The van der Waals surface area contributed by atoms with Gasteiger partial charge in [-0.1, -0.05) is 0 Å². The van der Waals surface area contributed by atoms with Crippen molar-refractivity contribution in [3.8, 4) is 0 Å². The third kappa shape index (κ3) is 60.6. The molecule has 0 aliphatic carbocycles. The van der Waals surface area contributed by atoms with E-state index in [9.17, 15) is 0 Å². The molecule has 0 aliphatic rings. The van der Waals surface area contributed by atoms with Crippen LogP contribution in [0.5, 0.6) is 0 Å². The van der Waals surface area contributed by atoms with Crippen LogP contribution in [0.4, 0.5) is 0 Å². The van der Waals surface area contributed by atoms with Gasteiger partial charge >= 0.3 is 20.9 Å². The van der Waals surface area contributed by atoms with Crippen molar-refractivity contribution in [3.05, 3.63) is 0 Å². The largest absolute Gasteiger partial charge is 3.00 e. The van der Waals surface area contributed by atoms with Crippen LogP contribution in [0.1, 0.15) is 1.43 Å². The molecule has 0 radical (unpaired) electrons. The number of hydrogen-bond donors (Lipinski definition) is 0. The molecule has 54 valence electrons. The zero-order valence-corrected chi connectivity index (χ0v) is 8.78. The van der Waals surface area contributed by atoms with E-state index in [0.717, 1.165) is 0 Å². The van der Waals surface area contributed by atoms with Crippen molar-refractivity contribution in [2.24, 2.45) is 0 Å². The maximum Gasteiger partial charge on any atom is 3.00 e. The minimum Gasteiger partial charge on any atom is -1.00 e. The van der Waals surface area contributed by atoms with E-state index < -0.39 is 0 Å². The van der Waals surface area contributed by atoms with Gasteiger partial charge in [0.1, 0.15) is 0 Å². The minimum absolute atomic E-state index is 0. The minimum atomic E-state index is 0. The first-order valence-electron chi connectivity index (χ1n) is 0. The average molecular weight is 317 g/mol. The summed E-state index contributed by atoms with van der Waals surface area (Å²) in [6.07, 6.45) is 0. The molecule has 0 saturated heterocycles. The summed E-state index contributed by atoms with van der Waals surface area (Å²) in [6, 6.07) is 0. The van der Waals surface area contributed by atoms with E-state index in [0.29, 0.717) is 0 Å². The van der Waals surface area contributed by atoms with Crippen LogP contribution in [0.15, 0.2) is 0 Å². The molecule has 0 heterocycles. The first-order valence-corrected chi connectivity index (χ1v) is 0. The quantitative estimate of drug-likeness (QED) is 0.390. The zero-order chi connectivity index (χ0) is 0. The molecule has 0 fully saturated rings. The van der Waals surface area contributed by atoms with Crippen molar-refractivity contribution in [1.82, 2.24) is 0 Å². The number of hydrogen-bond acceptors (Lipinski definition) is 0. The molecular weight excluding hydrogens is 316 g/mol. The third-order valence-corrected chi connectivity index (χ3v) is 0.